The fourth-order valence-electron chi connectivity index (χ4n) is 10.6. The molecule has 72 heavy (non-hydrogen) atoms. The average molecular weight is 1010 g/mol. The summed E-state index contributed by atoms with van der Waals surface area (Å²) < 4.78 is 5.47. The maximum atomic E-state index is 13.8. The standard InChI is InChI=1S/C66H122N2O4/c1-6-11-16-20-24-27-31-35-44-61(43-34-30-26-22-18-13-8-3)48-41-55-67(54-37-33-29-23-19-14-9-4)57-53-65(70)68-56-42-49-63(52-58-68)60-64(69)50-39-46-62(45-36-32-28-25-21-17-12-7-2)47-40-51-66(71)72-59-38-15-10-5/h45,48,60H,6-44,46-47,49-59H2,1-5H3/b61-48+,62-45-,63-60-. The van der Waals surface area contributed by atoms with E-state index in [1.807, 2.05) is 6.08 Å². The van der Waals surface area contributed by atoms with Crippen LogP contribution in [-0.4, -0.2) is 66.8 Å². The van der Waals surface area contributed by atoms with Gasteiger partial charge in [0, 0.05) is 45.4 Å². The van der Waals surface area contributed by atoms with Gasteiger partial charge in [0.1, 0.15) is 0 Å². The van der Waals surface area contributed by atoms with Gasteiger partial charge in [-0.2, -0.15) is 0 Å². The molecule has 1 heterocycles. The predicted molar refractivity (Wildman–Crippen MR) is 314 cm³/mol. The minimum atomic E-state index is -0.0751. The third kappa shape index (κ3) is 43.1. The summed E-state index contributed by atoms with van der Waals surface area (Å²) in [7, 11) is 0. The number of rotatable bonds is 52. The van der Waals surface area contributed by atoms with Crippen molar-refractivity contribution in [2.75, 3.05) is 39.3 Å². The maximum Gasteiger partial charge on any atom is 0.305 e. The normalized spacial score (nSPS) is 14.2. The number of esters is 1. The van der Waals surface area contributed by atoms with Crippen LogP contribution in [0.5, 0.6) is 0 Å². The van der Waals surface area contributed by atoms with Crippen molar-refractivity contribution in [2.45, 2.75) is 330 Å². The number of likely N-dealkylation sites (tertiary alicyclic amines) is 1. The van der Waals surface area contributed by atoms with Crippen LogP contribution in [0.25, 0.3) is 0 Å². The zero-order valence-electron chi connectivity index (χ0n) is 49.0. The Morgan fingerprint density at radius 3 is 1.44 bits per heavy atom. The van der Waals surface area contributed by atoms with Crippen LogP contribution in [0.3, 0.4) is 0 Å². The molecule has 1 saturated heterocycles. The molecule has 0 atom stereocenters. The lowest BCUT2D eigenvalue weighted by Crippen LogP contribution is -2.36. The lowest BCUT2D eigenvalue weighted by atomic mass is 9.98. The molecule has 1 aliphatic rings. The van der Waals surface area contributed by atoms with Crippen molar-refractivity contribution in [1.29, 1.82) is 0 Å². The Hall–Kier alpha value is -2.21. The zero-order valence-corrected chi connectivity index (χ0v) is 49.0. The third-order valence-corrected chi connectivity index (χ3v) is 15.4. The monoisotopic (exact) mass is 1010 g/mol. The summed E-state index contributed by atoms with van der Waals surface area (Å²) in [6.07, 6.45) is 61.6. The molecule has 0 saturated carbocycles. The van der Waals surface area contributed by atoms with E-state index >= 15 is 0 Å². The highest BCUT2D eigenvalue weighted by Crippen LogP contribution is 2.23. The van der Waals surface area contributed by atoms with Crippen molar-refractivity contribution in [3.05, 3.63) is 34.9 Å². The summed E-state index contributed by atoms with van der Waals surface area (Å²) in [5.74, 6) is 0.441. The number of amides is 1. The van der Waals surface area contributed by atoms with Crippen LogP contribution in [0, 0.1) is 0 Å². The molecule has 0 aliphatic carbocycles. The van der Waals surface area contributed by atoms with E-state index in [4.69, 9.17) is 4.74 Å². The van der Waals surface area contributed by atoms with Crippen LogP contribution >= 0.6 is 0 Å². The first-order valence-electron chi connectivity index (χ1n) is 32.1. The highest BCUT2D eigenvalue weighted by molar-refractivity contribution is 5.90. The number of hydrogen-bond donors (Lipinski definition) is 0. The van der Waals surface area contributed by atoms with Gasteiger partial charge in [-0.1, -0.05) is 237 Å². The Kier molecular flexibility index (Phi) is 49.2. The van der Waals surface area contributed by atoms with E-state index < -0.39 is 0 Å². The predicted octanol–water partition coefficient (Wildman–Crippen LogP) is 20.1. The number of carbonyl (C=O) groups excluding carboxylic acids is 3. The molecule has 1 fully saturated rings. The Bertz CT molecular complexity index is 1350. The molecular weight excluding hydrogens is 885 g/mol. The quantitative estimate of drug-likeness (QED) is 0.0263. The SMILES string of the molecule is CCCCCCCCC/C=C(/CCCC(=O)/C=C1/CCCN(C(=O)CCN(CC/C=C(\CCCCCCCCC)CCCCCCCCCC)CCCCCCCCC)CC1)CCCC(=O)OCCCCC. The largest absolute Gasteiger partial charge is 0.466 e. The van der Waals surface area contributed by atoms with Gasteiger partial charge in [-0.3, -0.25) is 14.4 Å². The molecular formula is C66H122N2O4. The second kappa shape index (κ2) is 52.2. The Labute approximate surface area is 449 Å². The summed E-state index contributed by atoms with van der Waals surface area (Å²) in [4.78, 5) is 44.3. The first kappa shape index (κ1) is 67.8. The van der Waals surface area contributed by atoms with E-state index in [1.165, 1.54) is 210 Å². The number of ether oxygens (including phenoxy) is 1. The van der Waals surface area contributed by atoms with Crippen LogP contribution in [0.15, 0.2) is 34.9 Å². The minimum Gasteiger partial charge on any atom is -0.466 e. The van der Waals surface area contributed by atoms with E-state index in [0.29, 0.717) is 25.9 Å². The van der Waals surface area contributed by atoms with Crippen molar-refractivity contribution in [3.63, 3.8) is 0 Å². The Morgan fingerprint density at radius 2 is 0.889 bits per heavy atom. The molecule has 420 valence electrons. The maximum absolute atomic E-state index is 13.8. The Morgan fingerprint density at radius 1 is 0.431 bits per heavy atom. The number of carbonyl (C=O) groups is 3. The number of nitrogens with zero attached hydrogens (tertiary/aromatic N) is 2. The summed E-state index contributed by atoms with van der Waals surface area (Å²) in [5, 5.41) is 0. The molecule has 0 aromatic heterocycles. The molecule has 0 N–H and O–H groups in total. The fourth-order valence-corrected chi connectivity index (χ4v) is 10.6. The van der Waals surface area contributed by atoms with Gasteiger partial charge < -0.3 is 14.5 Å². The van der Waals surface area contributed by atoms with Crippen molar-refractivity contribution >= 4 is 17.7 Å². The van der Waals surface area contributed by atoms with Crippen LogP contribution in [0.1, 0.15) is 330 Å². The van der Waals surface area contributed by atoms with Crippen molar-refractivity contribution < 1.29 is 19.1 Å². The summed E-state index contributed by atoms with van der Waals surface area (Å²) in [5.41, 5.74) is 4.32. The zero-order chi connectivity index (χ0) is 52.2. The lowest BCUT2D eigenvalue weighted by molar-refractivity contribution is -0.143. The molecule has 6 nitrogen and oxygen atoms in total. The van der Waals surface area contributed by atoms with Crippen LogP contribution in [0.2, 0.25) is 0 Å². The molecule has 0 bridgehead atoms. The topological polar surface area (TPSA) is 66.9 Å². The molecule has 0 aromatic rings. The molecule has 1 amide bonds. The van der Waals surface area contributed by atoms with Gasteiger partial charge in [0.05, 0.1) is 6.61 Å². The summed E-state index contributed by atoms with van der Waals surface area (Å²) >= 11 is 0. The van der Waals surface area contributed by atoms with Crippen LogP contribution < -0.4 is 0 Å². The lowest BCUT2D eigenvalue weighted by Gasteiger charge is -2.25. The second-order valence-electron chi connectivity index (χ2n) is 22.4. The third-order valence-electron chi connectivity index (χ3n) is 15.4. The van der Waals surface area contributed by atoms with E-state index in [-0.39, 0.29) is 17.7 Å². The first-order chi connectivity index (χ1) is 35.4. The Balaban J connectivity index is 2.79. The number of unbranched alkanes of at least 4 members (excludes halogenated alkanes) is 28. The highest BCUT2D eigenvalue weighted by Gasteiger charge is 2.19. The fraction of sp³-hybridized carbons (Fsp3) is 0.864. The van der Waals surface area contributed by atoms with E-state index in [2.05, 4.69) is 56.6 Å². The first-order valence-corrected chi connectivity index (χ1v) is 32.1. The smallest absolute Gasteiger partial charge is 0.305 e. The number of allylic oxidation sites excluding steroid dienone is 4. The van der Waals surface area contributed by atoms with Crippen molar-refractivity contribution in [2.24, 2.45) is 0 Å². The van der Waals surface area contributed by atoms with Gasteiger partial charge >= 0.3 is 5.97 Å². The van der Waals surface area contributed by atoms with E-state index in [9.17, 15) is 14.4 Å². The number of ketones is 1. The van der Waals surface area contributed by atoms with Crippen molar-refractivity contribution in [3.8, 4) is 0 Å². The van der Waals surface area contributed by atoms with Gasteiger partial charge in [-0.25, -0.2) is 0 Å². The average Bonchev–Trinajstić information content (AvgIpc) is 3.62. The second-order valence-corrected chi connectivity index (χ2v) is 22.4. The minimum absolute atomic E-state index is 0.0751. The summed E-state index contributed by atoms with van der Waals surface area (Å²) in [6, 6.07) is 0. The molecule has 6 heteroatoms. The molecule has 0 spiro atoms. The van der Waals surface area contributed by atoms with E-state index in [1.54, 1.807) is 5.57 Å². The molecule has 0 radical (unpaired) electrons. The van der Waals surface area contributed by atoms with Crippen LogP contribution in [-0.2, 0) is 19.1 Å². The van der Waals surface area contributed by atoms with Gasteiger partial charge in [-0.05, 0) is 115 Å². The molecule has 1 aliphatic heterocycles. The summed E-state index contributed by atoms with van der Waals surface area (Å²) in [6.45, 7) is 16.4. The number of hydrogen-bond acceptors (Lipinski definition) is 5. The van der Waals surface area contributed by atoms with Gasteiger partial charge in [0.15, 0.2) is 5.78 Å². The molecule has 0 unspecified atom stereocenters. The van der Waals surface area contributed by atoms with Gasteiger partial charge in [-0.15, -0.1) is 0 Å². The van der Waals surface area contributed by atoms with E-state index in [0.717, 1.165) is 110 Å². The van der Waals surface area contributed by atoms with Crippen LogP contribution in [0.4, 0.5) is 0 Å². The van der Waals surface area contributed by atoms with Crippen molar-refractivity contribution in [1.82, 2.24) is 9.80 Å². The van der Waals surface area contributed by atoms with Gasteiger partial charge in [0.25, 0.3) is 0 Å². The molecule has 0 aromatic carbocycles. The molecule has 1 rings (SSSR count). The van der Waals surface area contributed by atoms with Gasteiger partial charge in [0.2, 0.25) is 5.91 Å². The highest BCUT2D eigenvalue weighted by atomic mass is 16.5.